The van der Waals surface area contributed by atoms with E-state index in [1.54, 1.807) is 50.2 Å². The van der Waals surface area contributed by atoms with Crippen LogP contribution in [0, 0.1) is 0 Å². The van der Waals surface area contributed by atoms with Gasteiger partial charge in [-0.25, -0.2) is 21.6 Å². The Morgan fingerprint density at radius 3 is 2.00 bits per heavy atom. The number of aryl methyl sites for hydroxylation is 1. The van der Waals surface area contributed by atoms with Gasteiger partial charge in [-0.2, -0.15) is 4.31 Å². The van der Waals surface area contributed by atoms with Gasteiger partial charge >= 0.3 is 0 Å². The molecule has 0 radical (unpaired) electrons. The van der Waals surface area contributed by atoms with Crippen molar-refractivity contribution in [2.75, 3.05) is 13.1 Å². The van der Waals surface area contributed by atoms with Gasteiger partial charge < -0.3 is 5.32 Å². The number of rotatable bonds is 10. The molecule has 1 fully saturated rings. The third kappa shape index (κ3) is 6.86. The summed E-state index contributed by atoms with van der Waals surface area (Å²) in [5, 5.41) is 2.84. The van der Waals surface area contributed by atoms with Crippen LogP contribution in [0.3, 0.4) is 0 Å². The maximum atomic E-state index is 12.6. The van der Waals surface area contributed by atoms with Crippen LogP contribution in [0.1, 0.15) is 44.2 Å². The molecule has 2 N–H and O–H groups in total. The molecule has 0 aliphatic carbocycles. The maximum Gasteiger partial charge on any atom is 0.243 e. The Morgan fingerprint density at radius 2 is 1.42 bits per heavy atom. The molecule has 0 bridgehead atoms. The zero-order valence-electron chi connectivity index (χ0n) is 19.0. The van der Waals surface area contributed by atoms with Crippen molar-refractivity contribution in [1.29, 1.82) is 0 Å². The zero-order valence-corrected chi connectivity index (χ0v) is 20.6. The minimum atomic E-state index is -3.53. The molecule has 2 aromatic rings. The van der Waals surface area contributed by atoms with Crippen molar-refractivity contribution in [3.63, 3.8) is 0 Å². The molecule has 3 rings (SSSR count). The van der Waals surface area contributed by atoms with Crippen LogP contribution in [0.4, 0.5) is 0 Å². The number of amides is 1. The summed E-state index contributed by atoms with van der Waals surface area (Å²) in [5.41, 5.74) is 1.68. The third-order valence-electron chi connectivity index (χ3n) is 5.38. The first-order valence-corrected chi connectivity index (χ1v) is 14.0. The monoisotopic (exact) mass is 493 g/mol. The van der Waals surface area contributed by atoms with E-state index in [1.807, 2.05) is 0 Å². The Kier molecular flexibility index (Phi) is 8.28. The van der Waals surface area contributed by atoms with Gasteiger partial charge in [0.05, 0.1) is 9.79 Å². The smallest absolute Gasteiger partial charge is 0.243 e. The lowest BCUT2D eigenvalue weighted by molar-refractivity contribution is -0.121. The number of carbonyl (C=O) groups excluding carboxylic acids is 1. The molecule has 2 aromatic carbocycles. The van der Waals surface area contributed by atoms with E-state index in [-0.39, 0.29) is 28.2 Å². The lowest BCUT2D eigenvalue weighted by Crippen LogP contribution is -2.30. The Morgan fingerprint density at radius 1 is 0.879 bits per heavy atom. The van der Waals surface area contributed by atoms with Gasteiger partial charge in [0.15, 0.2) is 0 Å². The van der Waals surface area contributed by atoms with Crippen LogP contribution in [-0.4, -0.2) is 46.2 Å². The highest BCUT2D eigenvalue weighted by Crippen LogP contribution is 2.21. The van der Waals surface area contributed by atoms with Crippen molar-refractivity contribution in [3.8, 4) is 0 Å². The molecule has 1 saturated heterocycles. The number of benzene rings is 2. The van der Waals surface area contributed by atoms with Crippen LogP contribution in [0.2, 0.25) is 0 Å². The second-order valence-electron chi connectivity index (χ2n) is 8.45. The minimum absolute atomic E-state index is 0.137. The van der Waals surface area contributed by atoms with Gasteiger partial charge in [0, 0.05) is 32.1 Å². The Hall–Kier alpha value is -2.27. The first-order chi connectivity index (χ1) is 15.6. The molecule has 1 aliphatic heterocycles. The summed E-state index contributed by atoms with van der Waals surface area (Å²) in [6, 6.07) is 12.9. The van der Waals surface area contributed by atoms with Gasteiger partial charge in [0.1, 0.15) is 0 Å². The molecule has 1 heterocycles. The van der Waals surface area contributed by atoms with Gasteiger partial charge in [0.2, 0.25) is 26.0 Å². The number of nitrogens with one attached hydrogen (secondary N) is 2. The van der Waals surface area contributed by atoms with Crippen LogP contribution in [0.5, 0.6) is 0 Å². The van der Waals surface area contributed by atoms with Crippen LogP contribution in [0.25, 0.3) is 0 Å². The van der Waals surface area contributed by atoms with Crippen molar-refractivity contribution in [2.45, 2.75) is 61.9 Å². The first kappa shape index (κ1) is 25.4. The molecule has 1 amide bonds. The summed E-state index contributed by atoms with van der Waals surface area (Å²) >= 11 is 0. The second-order valence-corrected chi connectivity index (χ2v) is 12.1. The topological polar surface area (TPSA) is 113 Å². The normalized spacial score (nSPS) is 15.1. The van der Waals surface area contributed by atoms with Gasteiger partial charge in [-0.3, -0.25) is 4.79 Å². The summed E-state index contributed by atoms with van der Waals surface area (Å²) in [7, 11) is -6.97. The van der Waals surface area contributed by atoms with E-state index < -0.39 is 20.0 Å². The second kappa shape index (κ2) is 10.8. The predicted molar refractivity (Wildman–Crippen MR) is 127 cm³/mol. The molecule has 1 aliphatic rings. The maximum absolute atomic E-state index is 12.6. The fraction of sp³-hybridized carbons (Fsp3) is 0.435. The summed E-state index contributed by atoms with van der Waals surface area (Å²) in [4.78, 5) is 12.7. The number of sulfonamides is 2. The Labute approximate surface area is 196 Å². The van der Waals surface area contributed by atoms with E-state index >= 15 is 0 Å². The van der Waals surface area contributed by atoms with E-state index in [2.05, 4.69) is 10.0 Å². The predicted octanol–water partition coefficient (Wildman–Crippen LogP) is 2.41. The molecular weight excluding hydrogens is 462 g/mol. The van der Waals surface area contributed by atoms with Gasteiger partial charge in [-0.15, -0.1) is 0 Å². The number of nitrogens with zero attached hydrogens (tertiary/aromatic N) is 1. The number of carbonyl (C=O) groups is 1. The first-order valence-electron chi connectivity index (χ1n) is 11.0. The Balaban J connectivity index is 1.48. The molecule has 0 unspecified atom stereocenters. The lowest BCUT2D eigenvalue weighted by Gasteiger charge is -2.15. The summed E-state index contributed by atoms with van der Waals surface area (Å²) in [6.45, 7) is 4.95. The quantitative estimate of drug-likeness (QED) is 0.528. The summed E-state index contributed by atoms with van der Waals surface area (Å²) in [5.74, 6) is -0.137. The van der Waals surface area contributed by atoms with Gasteiger partial charge in [-0.1, -0.05) is 24.3 Å². The van der Waals surface area contributed by atoms with Crippen molar-refractivity contribution in [2.24, 2.45) is 0 Å². The lowest BCUT2D eigenvalue weighted by atomic mass is 10.1. The zero-order chi connectivity index (χ0) is 24.1. The molecule has 33 heavy (non-hydrogen) atoms. The standard InChI is InChI=1S/C23H31N3O5S2/c1-18(2)25-32(28,29)21-10-5-19(6-11-21)9-14-23(27)24-17-20-7-12-22(13-8-20)33(30,31)26-15-3-4-16-26/h5-8,10-13,18,25H,3-4,9,14-17H2,1-2H3,(H,24,27). The van der Waals surface area contributed by atoms with E-state index in [9.17, 15) is 21.6 Å². The van der Waals surface area contributed by atoms with Gasteiger partial charge in [-0.05, 0) is 68.5 Å². The highest BCUT2D eigenvalue weighted by Gasteiger charge is 2.26. The fourth-order valence-electron chi connectivity index (χ4n) is 3.62. The minimum Gasteiger partial charge on any atom is -0.352 e. The third-order valence-corrected chi connectivity index (χ3v) is 8.97. The molecule has 0 atom stereocenters. The highest BCUT2D eigenvalue weighted by atomic mass is 32.2. The molecule has 10 heteroatoms. The summed E-state index contributed by atoms with van der Waals surface area (Å²) < 4.78 is 53.5. The van der Waals surface area contributed by atoms with E-state index in [4.69, 9.17) is 0 Å². The van der Waals surface area contributed by atoms with E-state index in [1.165, 1.54) is 16.4 Å². The molecule has 0 aromatic heterocycles. The molecule has 180 valence electrons. The molecule has 0 spiro atoms. The van der Waals surface area contributed by atoms with Crippen LogP contribution >= 0.6 is 0 Å². The summed E-state index contributed by atoms with van der Waals surface area (Å²) in [6.07, 6.45) is 2.53. The van der Waals surface area contributed by atoms with Crippen molar-refractivity contribution >= 4 is 26.0 Å². The largest absolute Gasteiger partial charge is 0.352 e. The Bertz CT molecular complexity index is 1150. The van der Waals surface area contributed by atoms with Crippen molar-refractivity contribution in [1.82, 2.24) is 14.3 Å². The molecular formula is C23H31N3O5S2. The van der Waals surface area contributed by atoms with Crippen molar-refractivity contribution in [3.05, 3.63) is 59.7 Å². The van der Waals surface area contributed by atoms with Gasteiger partial charge in [0.25, 0.3) is 0 Å². The number of hydrogen-bond acceptors (Lipinski definition) is 5. The van der Waals surface area contributed by atoms with Crippen molar-refractivity contribution < 1.29 is 21.6 Å². The van der Waals surface area contributed by atoms with Crippen LogP contribution in [-0.2, 0) is 37.8 Å². The molecule has 8 nitrogen and oxygen atoms in total. The van der Waals surface area contributed by atoms with Crippen LogP contribution in [0.15, 0.2) is 58.3 Å². The average Bonchev–Trinajstić information content (AvgIpc) is 3.32. The van der Waals surface area contributed by atoms with E-state index in [0.717, 1.165) is 24.0 Å². The fourth-order valence-corrected chi connectivity index (χ4v) is 6.39. The highest BCUT2D eigenvalue weighted by molar-refractivity contribution is 7.89. The van der Waals surface area contributed by atoms with E-state index in [0.29, 0.717) is 26.1 Å². The average molecular weight is 494 g/mol. The van der Waals surface area contributed by atoms with Crippen LogP contribution < -0.4 is 10.0 Å². The number of hydrogen-bond donors (Lipinski definition) is 2. The molecule has 0 saturated carbocycles. The SMILES string of the molecule is CC(C)NS(=O)(=O)c1ccc(CCC(=O)NCc2ccc(S(=O)(=O)N3CCCC3)cc2)cc1.